The number of hydrogen-bond acceptors (Lipinski definition) is 4. The summed E-state index contributed by atoms with van der Waals surface area (Å²) in [7, 11) is -3.56. The molecule has 0 saturated heterocycles. The van der Waals surface area contributed by atoms with Crippen molar-refractivity contribution in [2.75, 3.05) is 12.3 Å². The van der Waals surface area contributed by atoms with Crippen LogP contribution in [0.5, 0.6) is 0 Å². The summed E-state index contributed by atoms with van der Waals surface area (Å²) in [6.45, 7) is 5.20. The van der Waals surface area contributed by atoms with Crippen molar-refractivity contribution in [1.82, 2.24) is 14.5 Å². The van der Waals surface area contributed by atoms with Crippen LogP contribution >= 0.6 is 0 Å². The van der Waals surface area contributed by atoms with Gasteiger partial charge in [-0.15, -0.1) is 0 Å². The molecule has 1 heterocycles. The van der Waals surface area contributed by atoms with E-state index in [1.54, 1.807) is 0 Å². The fourth-order valence-corrected chi connectivity index (χ4v) is 4.02. The number of aryl methyl sites for hydroxylation is 1. The summed E-state index contributed by atoms with van der Waals surface area (Å²) in [4.78, 5) is 0.0863. The molecule has 0 aromatic carbocycles. The molecule has 1 aliphatic rings. The minimum absolute atomic E-state index is 0.0661. The Balaban J connectivity index is 2.01. The van der Waals surface area contributed by atoms with Gasteiger partial charge in [0, 0.05) is 19.3 Å². The van der Waals surface area contributed by atoms with Gasteiger partial charge in [0.15, 0.2) is 5.82 Å². The maximum atomic E-state index is 12.3. The number of aromatic nitrogens is 2. The van der Waals surface area contributed by atoms with Crippen LogP contribution in [0.3, 0.4) is 0 Å². The van der Waals surface area contributed by atoms with Crippen molar-refractivity contribution in [3.8, 4) is 0 Å². The third kappa shape index (κ3) is 3.52. The Bertz CT molecular complexity index is 553. The van der Waals surface area contributed by atoms with E-state index in [0.29, 0.717) is 24.9 Å². The standard InChI is InChI=1S/C13H24N4O2S/c1-3-17-9-12(13(14)16-17)20(18,19)15-8-11-6-4-5-10(2)7-11/h9-11,15H,3-8H2,1-2H3,(H2,14,16). The molecular weight excluding hydrogens is 276 g/mol. The fraction of sp³-hybridized carbons (Fsp3) is 0.769. The molecule has 0 spiro atoms. The number of anilines is 1. The summed E-state index contributed by atoms with van der Waals surface area (Å²) in [6, 6.07) is 0. The highest BCUT2D eigenvalue weighted by Crippen LogP contribution is 2.28. The molecule has 1 aromatic rings. The molecule has 6 nitrogen and oxygen atoms in total. The van der Waals surface area contributed by atoms with Gasteiger partial charge in [0.1, 0.15) is 4.90 Å². The first-order valence-corrected chi connectivity index (χ1v) is 8.73. The Morgan fingerprint density at radius 3 is 2.85 bits per heavy atom. The maximum Gasteiger partial charge on any atom is 0.245 e. The van der Waals surface area contributed by atoms with E-state index < -0.39 is 10.0 Å². The van der Waals surface area contributed by atoms with Crippen LogP contribution in [0.25, 0.3) is 0 Å². The van der Waals surface area contributed by atoms with Gasteiger partial charge in [-0.25, -0.2) is 13.1 Å². The van der Waals surface area contributed by atoms with E-state index in [4.69, 9.17) is 5.73 Å². The van der Waals surface area contributed by atoms with Crippen LogP contribution in [0.15, 0.2) is 11.1 Å². The molecule has 3 N–H and O–H groups in total. The van der Waals surface area contributed by atoms with Gasteiger partial charge < -0.3 is 5.73 Å². The number of hydrogen-bond donors (Lipinski definition) is 2. The van der Waals surface area contributed by atoms with E-state index in [-0.39, 0.29) is 10.7 Å². The first-order chi connectivity index (χ1) is 9.42. The smallest absolute Gasteiger partial charge is 0.245 e. The summed E-state index contributed by atoms with van der Waals surface area (Å²) < 4.78 is 28.7. The molecule has 1 fully saturated rings. The normalized spacial score (nSPS) is 23.9. The SMILES string of the molecule is CCn1cc(S(=O)(=O)NCC2CCCC(C)C2)c(N)n1. The lowest BCUT2D eigenvalue weighted by molar-refractivity contribution is 0.283. The molecule has 0 radical (unpaired) electrons. The van der Waals surface area contributed by atoms with E-state index in [0.717, 1.165) is 12.8 Å². The number of nitrogen functional groups attached to an aromatic ring is 1. The van der Waals surface area contributed by atoms with Gasteiger partial charge in [-0.2, -0.15) is 5.10 Å². The predicted octanol–water partition coefficient (Wildman–Crippen LogP) is 1.59. The van der Waals surface area contributed by atoms with E-state index >= 15 is 0 Å². The first kappa shape index (κ1) is 15.3. The van der Waals surface area contributed by atoms with Gasteiger partial charge in [-0.1, -0.05) is 19.8 Å². The van der Waals surface area contributed by atoms with Crippen molar-refractivity contribution in [2.45, 2.75) is 51.0 Å². The highest BCUT2D eigenvalue weighted by molar-refractivity contribution is 7.89. The second-order valence-corrected chi connectivity index (χ2v) is 7.46. The first-order valence-electron chi connectivity index (χ1n) is 7.25. The van der Waals surface area contributed by atoms with E-state index in [1.165, 1.54) is 23.7 Å². The molecule has 20 heavy (non-hydrogen) atoms. The van der Waals surface area contributed by atoms with Crippen molar-refractivity contribution in [2.24, 2.45) is 11.8 Å². The second-order valence-electron chi connectivity index (χ2n) is 5.72. The Morgan fingerprint density at radius 1 is 1.50 bits per heavy atom. The minimum atomic E-state index is -3.56. The zero-order chi connectivity index (χ0) is 14.8. The van der Waals surface area contributed by atoms with Gasteiger partial charge in [0.25, 0.3) is 0 Å². The highest BCUT2D eigenvalue weighted by atomic mass is 32.2. The van der Waals surface area contributed by atoms with Gasteiger partial charge >= 0.3 is 0 Å². The number of nitrogens with two attached hydrogens (primary N) is 1. The van der Waals surface area contributed by atoms with Crippen LogP contribution in [-0.2, 0) is 16.6 Å². The number of nitrogens with zero attached hydrogens (tertiary/aromatic N) is 2. The van der Waals surface area contributed by atoms with Gasteiger partial charge in [-0.3, -0.25) is 4.68 Å². The molecule has 1 saturated carbocycles. The number of rotatable bonds is 5. The van der Waals surface area contributed by atoms with E-state index in [2.05, 4.69) is 16.7 Å². The maximum absolute atomic E-state index is 12.3. The lowest BCUT2D eigenvalue weighted by atomic mass is 9.83. The average Bonchev–Trinajstić information content (AvgIpc) is 2.79. The highest BCUT2D eigenvalue weighted by Gasteiger charge is 2.24. The molecule has 0 amide bonds. The van der Waals surface area contributed by atoms with Crippen LogP contribution in [-0.4, -0.2) is 24.7 Å². The molecule has 7 heteroatoms. The van der Waals surface area contributed by atoms with Crippen molar-refractivity contribution in [3.63, 3.8) is 0 Å². The summed E-state index contributed by atoms with van der Waals surface area (Å²) in [6.07, 6.45) is 6.10. The summed E-state index contributed by atoms with van der Waals surface area (Å²) >= 11 is 0. The van der Waals surface area contributed by atoms with Crippen molar-refractivity contribution in [3.05, 3.63) is 6.20 Å². The lowest BCUT2D eigenvalue weighted by Crippen LogP contribution is -2.31. The number of sulfonamides is 1. The molecule has 0 bridgehead atoms. The van der Waals surface area contributed by atoms with Crippen LogP contribution in [0, 0.1) is 11.8 Å². The van der Waals surface area contributed by atoms with Crippen molar-refractivity contribution in [1.29, 1.82) is 0 Å². The molecule has 2 rings (SSSR count). The second kappa shape index (κ2) is 6.13. The molecule has 1 aromatic heterocycles. The summed E-state index contributed by atoms with van der Waals surface area (Å²) in [5.74, 6) is 1.18. The largest absolute Gasteiger partial charge is 0.381 e. The molecule has 2 unspecified atom stereocenters. The molecule has 2 atom stereocenters. The Hall–Kier alpha value is -1.08. The van der Waals surface area contributed by atoms with Crippen LogP contribution in [0.4, 0.5) is 5.82 Å². The topological polar surface area (TPSA) is 90.0 Å². The molecule has 1 aliphatic carbocycles. The Morgan fingerprint density at radius 2 is 2.25 bits per heavy atom. The van der Waals surface area contributed by atoms with Gasteiger partial charge in [-0.05, 0) is 31.6 Å². The zero-order valence-electron chi connectivity index (χ0n) is 12.2. The third-order valence-electron chi connectivity index (χ3n) is 3.98. The molecule has 114 valence electrons. The number of nitrogens with one attached hydrogen (secondary N) is 1. The minimum Gasteiger partial charge on any atom is -0.381 e. The third-order valence-corrected chi connectivity index (χ3v) is 5.42. The lowest BCUT2D eigenvalue weighted by Gasteiger charge is -2.26. The van der Waals surface area contributed by atoms with Gasteiger partial charge in [0.2, 0.25) is 10.0 Å². The van der Waals surface area contributed by atoms with Crippen LogP contribution in [0.2, 0.25) is 0 Å². The van der Waals surface area contributed by atoms with Gasteiger partial charge in [0.05, 0.1) is 0 Å². The Labute approximate surface area is 120 Å². The zero-order valence-corrected chi connectivity index (χ0v) is 13.0. The van der Waals surface area contributed by atoms with Crippen molar-refractivity contribution < 1.29 is 8.42 Å². The van der Waals surface area contributed by atoms with E-state index in [9.17, 15) is 8.42 Å². The molecule has 0 aliphatic heterocycles. The predicted molar refractivity (Wildman–Crippen MR) is 78.6 cm³/mol. The fourth-order valence-electron chi connectivity index (χ4n) is 2.84. The summed E-state index contributed by atoms with van der Waals surface area (Å²) in [5.41, 5.74) is 5.68. The summed E-state index contributed by atoms with van der Waals surface area (Å²) in [5, 5.41) is 3.98. The average molecular weight is 300 g/mol. The quantitative estimate of drug-likeness (QED) is 0.864. The van der Waals surface area contributed by atoms with Crippen LogP contribution in [0.1, 0.15) is 39.5 Å². The van der Waals surface area contributed by atoms with Crippen LogP contribution < -0.4 is 10.5 Å². The van der Waals surface area contributed by atoms with E-state index in [1.807, 2.05) is 6.92 Å². The monoisotopic (exact) mass is 300 g/mol. The Kier molecular flexibility index (Phi) is 4.70. The van der Waals surface area contributed by atoms with Crippen molar-refractivity contribution >= 4 is 15.8 Å². The molecular formula is C13H24N4O2S.